The molecule has 3 heteroatoms. The molecule has 0 aromatic heterocycles. The van der Waals surface area contributed by atoms with Crippen LogP contribution in [0.15, 0.2) is 0 Å². The molecule has 0 aromatic rings. The van der Waals surface area contributed by atoms with Crippen molar-refractivity contribution in [3.05, 3.63) is 0 Å². The van der Waals surface area contributed by atoms with E-state index in [0.29, 0.717) is 23.4 Å². The third-order valence-corrected chi connectivity index (χ3v) is 4.27. The van der Waals surface area contributed by atoms with Gasteiger partial charge in [0.05, 0.1) is 5.49 Å². The van der Waals surface area contributed by atoms with Gasteiger partial charge in [-0.1, -0.05) is 46.8 Å². The first-order valence-electron chi connectivity index (χ1n) is 7.65. The standard InChI is InChI=1S/C14H30N2S.C2H6/c1-11(2)14(6,8-13(5)15-7)9-16(10-17)12(3)4;1-2/h10-13,15H,8-9H2,1-7H3;1-2H3. The fraction of sp³-hybridized carbons (Fsp3) is 0.938. The summed E-state index contributed by atoms with van der Waals surface area (Å²) >= 11 is 5.13. The molecule has 0 amide bonds. The molecule has 2 unspecified atom stereocenters. The van der Waals surface area contributed by atoms with Crippen molar-refractivity contribution in [2.24, 2.45) is 11.3 Å². The summed E-state index contributed by atoms with van der Waals surface area (Å²) in [6.45, 7) is 18.7. The molecule has 0 aromatic carbocycles. The van der Waals surface area contributed by atoms with E-state index in [1.165, 1.54) is 6.42 Å². The number of thiocarbonyl (C=S) groups is 1. The topological polar surface area (TPSA) is 15.3 Å². The second kappa shape index (κ2) is 10.6. The van der Waals surface area contributed by atoms with E-state index >= 15 is 0 Å². The van der Waals surface area contributed by atoms with Gasteiger partial charge in [-0.05, 0) is 45.6 Å². The third-order valence-electron chi connectivity index (χ3n) is 4.00. The maximum absolute atomic E-state index is 5.13. The summed E-state index contributed by atoms with van der Waals surface area (Å²) in [5, 5.41) is 3.34. The Kier molecular flexibility index (Phi) is 11.8. The first-order valence-corrected chi connectivity index (χ1v) is 8.12. The highest BCUT2D eigenvalue weighted by atomic mass is 32.1. The SMILES string of the molecule is CC.CNC(C)CC(C)(CN(C=S)C(C)C)C(C)C. The van der Waals surface area contributed by atoms with Crippen LogP contribution in [0.1, 0.15) is 61.8 Å². The minimum Gasteiger partial charge on any atom is -0.366 e. The third kappa shape index (κ3) is 7.88. The van der Waals surface area contributed by atoms with Crippen LogP contribution in [-0.4, -0.2) is 36.1 Å². The Morgan fingerprint density at radius 3 is 1.89 bits per heavy atom. The predicted molar refractivity (Wildman–Crippen MR) is 92.9 cm³/mol. The highest BCUT2D eigenvalue weighted by Gasteiger charge is 2.32. The van der Waals surface area contributed by atoms with Crippen LogP contribution in [0.5, 0.6) is 0 Å². The lowest BCUT2D eigenvalue weighted by atomic mass is 9.74. The number of hydrogen-bond acceptors (Lipinski definition) is 2. The van der Waals surface area contributed by atoms with Crippen LogP contribution in [0.2, 0.25) is 0 Å². The molecule has 0 saturated heterocycles. The normalized spacial score (nSPS) is 15.5. The predicted octanol–water partition coefficient (Wildman–Crippen LogP) is 4.34. The fourth-order valence-electron chi connectivity index (χ4n) is 2.04. The number of nitrogens with one attached hydrogen (secondary N) is 1. The molecular formula is C16H36N2S. The molecule has 0 heterocycles. The quantitative estimate of drug-likeness (QED) is 0.669. The molecule has 19 heavy (non-hydrogen) atoms. The van der Waals surface area contributed by atoms with Crippen LogP contribution in [0, 0.1) is 11.3 Å². The smallest absolute Gasteiger partial charge is 0.0643 e. The lowest BCUT2D eigenvalue weighted by molar-refractivity contribution is 0.125. The van der Waals surface area contributed by atoms with E-state index < -0.39 is 0 Å². The Labute approximate surface area is 127 Å². The minimum absolute atomic E-state index is 0.294. The Balaban J connectivity index is 0. The highest BCUT2D eigenvalue weighted by Crippen LogP contribution is 2.33. The summed E-state index contributed by atoms with van der Waals surface area (Å²) in [5.74, 6) is 0.648. The van der Waals surface area contributed by atoms with Crippen molar-refractivity contribution in [2.75, 3.05) is 13.6 Å². The van der Waals surface area contributed by atoms with Crippen LogP contribution in [-0.2, 0) is 0 Å². The van der Waals surface area contributed by atoms with Crippen molar-refractivity contribution in [3.63, 3.8) is 0 Å². The average molecular weight is 289 g/mol. The summed E-state index contributed by atoms with van der Waals surface area (Å²) in [6.07, 6.45) is 1.17. The monoisotopic (exact) mass is 288 g/mol. The molecule has 0 rings (SSSR count). The number of hydrogen-bond donors (Lipinski definition) is 1. The molecule has 0 aliphatic heterocycles. The molecule has 0 bridgehead atoms. The molecule has 0 aliphatic carbocycles. The molecule has 1 N–H and O–H groups in total. The van der Waals surface area contributed by atoms with E-state index in [1.807, 2.05) is 26.4 Å². The second-order valence-electron chi connectivity index (χ2n) is 6.07. The van der Waals surface area contributed by atoms with Crippen LogP contribution < -0.4 is 5.32 Å². The van der Waals surface area contributed by atoms with E-state index in [4.69, 9.17) is 12.2 Å². The first kappa shape index (κ1) is 21.2. The molecule has 0 aliphatic rings. The lowest BCUT2D eigenvalue weighted by Gasteiger charge is -2.41. The summed E-state index contributed by atoms with van der Waals surface area (Å²) < 4.78 is 0. The van der Waals surface area contributed by atoms with Gasteiger partial charge >= 0.3 is 0 Å². The molecule has 2 nitrogen and oxygen atoms in total. The molecule has 116 valence electrons. The highest BCUT2D eigenvalue weighted by molar-refractivity contribution is 7.78. The Morgan fingerprint density at radius 1 is 1.16 bits per heavy atom. The van der Waals surface area contributed by atoms with Gasteiger partial charge in [-0.3, -0.25) is 0 Å². The summed E-state index contributed by atoms with van der Waals surface area (Å²) in [6, 6.07) is 1.03. The van der Waals surface area contributed by atoms with Gasteiger partial charge in [-0.2, -0.15) is 0 Å². The molecular weight excluding hydrogens is 252 g/mol. The van der Waals surface area contributed by atoms with E-state index in [1.54, 1.807) is 0 Å². The zero-order valence-electron chi connectivity index (χ0n) is 14.6. The van der Waals surface area contributed by atoms with E-state index in [9.17, 15) is 0 Å². The maximum Gasteiger partial charge on any atom is 0.0643 e. The van der Waals surface area contributed by atoms with Gasteiger partial charge in [0.2, 0.25) is 0 Å². The van der Waals surface area contributed by atoms with Gasteiger partial charge in [-0.25, -0.2) is 0 Å². The second-order valence-corrected chi connectivity index (χ2v) is 6.28. The lowest BCUT2D eigenvalue weighted by Crippen LogP contribution is -2.44. The van der Waals surface area contributed by atoms with Crippen LogP contribution in [0.25, 0.3) is 0 Å². The van der Waals surface area contributed by atoms with Crippen molar-refractivity contribution >= 4 is 17.7 Å². The van der Waals surface area contributed by atoms with E-state index in [2.05, 4.69) is 51.8 Å². The fourth-order valence-corrected chi connectivity index (χ4v) is 2.36. The molecule has 2 atom stereocenters. The van der Waals surface area contributed by atoms with Crippen molar-refractivity contribution in [3.8, 4) is 0 Å². The Morgan fingerprint density at radius 2 is 1.63 bits per heavy atom. The number of rotatable bonds is 8. The number of nitrogens with zero attached hydrogens (tertiary/aromatic N) is 1. The summed E-state index contributed by atoms with van der Waals surface area (Å²) in [7, 11) is 2.03. The zero-order chi connectivity index (χ0) is 15.6. The van der Waals surface area contributed by atoms with Crippen molar-refractivity contribution < 1.29 is 0 Å². The van der Waals surface area contributed by atoms with Gasteiger partial charge in [0, 0.05) is 18.6 Å². The van der Waals surface area contributed by atoms with Crippen LogP contribution in [0.4, 0.5) is 0 Å². The first-order chi connectivity index (χ1) is 8.76. The van der Waals surface area contributed by atoms with Crippen molar-refractivity contribution in [1.29, 1.82) is 0 Å². The average Bonchev–Trinajstić information content (AvgIpc) is 2.37. The van der Waals surface area contributed by atoms with Gasteiger partial charge < -0.3 is 10.2 Å². The molecule has 0 spiro atoms. The summed E-state index contributed by atoms with van der Waals surface area (Å²) in [5.41, 5.74) is 2.11. The van der Waals surface area contributed by atoms with Gasteiger partial charge in [0.1, 0.15) is 0 Å². The molecule has 0 fully saturated rings. The van der Waals surface area contributed by atoms with Crippen LogP contribution in [0.3, 0.4) is 0 Å². The maximum atomic E-state index is 5.13. The van der Waals surface area contributed by atoms with Crippen LogP contribution >= 0.6 is 12.2 Å². The van der Waals surface area contributed by atoms with Crippen molar-refractivity contribution in [2.45, 2.75) is 73.9 Å². The molecule has 0 radical (unpaired) electrons. The van der Waals surface area contributed by atoms with E-state index in [0.717, 1.165) is 6.54 Å². The van der Waals surface area contributed by atoms with Gasteiger partial charge in [0.15, 0.2) is 0 Å². The largest absolute Gasteiger partial charge is 0.366 e. The Hall–Kier alpha value is -0.150. The van der Waals surface area contributed by atoms with Gasteiger partial charge in [0.25, 0.3) is 0 Å². The van der Waals surface area contributed by atoms with Gasteiger partial charge in [-0.15, -0.1) is 0 Å². The zero-order valence-corrected chi connectivity index (χ0v) is 15.4. The minimum atomic E-state index is 0.294. The Bertz CT molecular complexity index is 229. The summed E-state index contributed by atoms with van der Waals surface area (Å²) in [4.78, 5) is 2.28. The van der Waals surface area contributed by atoms with Crippen molar-refractivity contribution in [1.82, 2.24) is 10.2 Å². The van der Waals surface area contributed by atoms with E-state index in [-0.39, 0.29) is 0 Å². The molecule has 0 saturated carbocycles.